The van der Waals surface area contributed by atoms with Gasteiger partial charge in [-0.2, -0.15) is 4.31 Å². The average Bonchev–Trinajstić information content (AvgIpc) is 3.04. The van der Waals surface area contributed by atoms with Crippen LogP contribution >= 0.6 is 0 Å². The summed E-state index contributed by atoms with van der Waals surface area (Å²) in [4.78, 5) is 18.6. The van der Waals surface area contributed by atoms with Gasteiger partial charge in [0.25, 0.3) is 0 Å². The second-order valence-corrected chi connectivity index (χ2v) is 8.98. The van der Waals surface area contributed by atoms with E-state index in [2.05, 4.69) is 9.88 Å². The SMILES string of the molecule is CC(C)n1c(=O)oc2cc(S(=O)(=O)N3CCN(c4ccccn4)CC3)ccc21. The lowest BCUT2D eigenvalue weighted by Crippen LogP contribution is -2.48. The molecule has 1 aromatic carbocycles. The van der Waals surface area contributed by atoms with Crippen LogP contribution in [0.5, 0.6) is 0 Å². The van der Waals surface area contributed by atoms with Gasteiger partial charge in [-0.15, -0.1) is 0 Å². The molecule has 3 aromatic rings. The highest BCUT2D eigenvalue weighted by molar-refractivity contribution is 7.89. The molecular weight excluding hydrogens is 380 g/mol. The van der Waals surface area contributed by atoms with Crippen LogP contribution in [0.3, 0.4) is 0 Å². The van der Waals surface area contributed by atoms with Crippen molar-refractivity contribution in [1.29, 1.82) is 0 Å². The van der Waals surface area contributed by atoms with Gasteiger partial charge < -0.3 is 9.32 Å². The lowest BCUT2D eigenvalue weighted by Gasteiger charge is -2.34. The van der Waals surface area contributed by atoms with Crippen molar-refractivity contribution in [3.05, 3.63) is 53.1 Å². The Morgan fingerprint density at radius 3 is 2.46 bits per heavy atom. The first kappa shape index (κ1) is 18.7. The van der Waals surface area contributed by atoms with Crippen molar-refractivity contribution >= 4 is 26.9 Å². The lowest BCUT2D eigenvalue weighted by molar-refractivity contribution is 0.384. The molecule has 0 bridgehead atoms. The van der Waals surface area contributed by atoms with Crippen molar-refractivity contribution in [3.63, 3.8) is 0 Å². The number of sulfonamides is 1. The van der Waals surface area contributed by atoms with E-state index in [0.29, 0.717) is 31.7 Å². The number of rotatable bonds is 4. The molecule has 1 aliphatic heterocycles. The van der Waals surface area contributed by atoms with E-state index < -0.39 is 15.8 Å². The Morgan fingerprint density at radius 1 is 1.07 bits per heavy atom. The summed E-state index contributed by atoms with van der Waals surface area (Å²) in [7, 11) is -3.67. The number of hydrogen-bond donors (Lipinski definition) is 0. The number of anilines is 1. The summed E-state index contributed by atoms with van der Waals surface area (Å²) in [6.45, 7) is 5.63. The lowest BCUT2D eigenvalue weighted by atomic mass is 10.3. The smallest absolute Gasteiger partial charge is 0.408 e. The van der Waals surface area contributed by atoms with Crippen molar-refractivity contribution in [2.45, 2.75) is 24.8 Å². The molecule has 0 radical (unpaired) electrons. The summed E-state index contributed by atoms with van der Waals surface area (Å²) >= 11 is 0. The highest BCUT2D eigenvalue weighted by Gasteiger charge is 2.29. The third kappa shape index (κ3) is 3.20. The topological polar surface area (TPSA) is 88.6 Å². The maximum atomic E-state index is 13.1. The summed E-state index contributed by atoms with van der Waals surface area (Å²) in [5.41, 5.74) is 0.880. The first-order chi connectivity index (χ1) is 13.4. The zero-order valence-electron chi connectivity index (χ0n) is 15.8. The molecule has 1 fully saturated rings. The molecule has 0 spiro atoms. The van der Waals surface area contributed by atoms with Gasteiger partial charge in [0.05, 0.1) is 10.4 Å². The number of pyridine rings is 1. The van der Waals surface area contributed by atoms with Gasteiger partial charge in [-0.05, 0) is 38.1 Å². The standard InChI is InChI=1S/C19H22N4O4S/c1-14(2)23-16-7-6-15(13-17(16)27-19(23)24)28(25,26)22-11-9-21(10-12-22)18-5-3-4-8-20-18/h3-8,13-14H,9-12H2,1-2H3. The largest absolute Gasteiger partial charge is 0.420 e. The van der Waals surface area contributed by atoms with Crippen molar-refractivity contribution in [3.8, 4) is 0 Å². The van der Waals surface area contributed by atoms with E-state index >= 15 is 0 Å². The summed E-state index contributed by atoms with van der Waals surface area (Å²) in [6, 6.07) is 10.2. The zero-order chi connectivity index (χ0) is 19.9. The van der Waals surface area contributed by atoms with Gasteiger partial charge in [-0.25, -0.2) is 18.2 Å². The maximum Gasteiger partial charge on any atom is 0.420 e. The number of fused-ring (bicyclic) bond motifs is 1. The van der Waals surface area contributed by atoms with Crippen molar-refractivity contribution in [2.75, 3.05) is 31.1 Å². The molecule has 148 valence electrons. The molecule has 3 heterocycles. The fourth-order valence-corrected chi connectivity index (χ4v) is 4.95. The highest BCUT2D eigenvalue weighted by atomic mass is 32.2. The predicted molar refractivity (Wildman–Crippen MR) is 106 cm³/mol. The fraction of sp³-hybridized carbons (Fsp3) is 0.368. The van der Waals surface area contributed by atoms with E-state index in [1.165, 1.54) is 21.0 Å². The quantitative estimate of drug-likeness (QED) is 0.664. The molecule has 8 nitrogen and oxygen atoms in total. The molecule has 0 unspecified atom stereocenters. The zero-order valence-corrected chi connectivity index (χ0v) is 16.6. The summed E-state index contributed by atoms with van der Waals surface area (Å²) in [6.07, 6.45) is 1.73. The second-order valence-electron chi connectivity index (χ2n) is 7.04. The van der Waals surface area contributed by atoms with Crippen LogP contribution < -0.4 is 10.7 Å². The molecule has 4 rings (SSSR count). The predicted octanol–water partition coefficient (Wildman–Crippen LogP) is 2.08. The minimum absolute atomic E-state index is 0.0733. The molecule has 1 saturated heterocycles. The average molecular weight is 402 g/mol. The Morgan fingerprint density at radius 2 is 1.82 bits per heavy atom. The minimum Gasteiger partial charge on any atom is -0.408 e. The van der Waals surface area contributed by atoms with E-state index in [9.17, 15) is 13.2 Å². The Labute approximate surface area is 163 Å². The Bertz CT molecular complexity index is 1140. The van der Waals surface area contributed by atoms with Crippen LogP contribution in [0.25, 0.3) is 11.1 Å². The second kappa shape index (κ2) is 7.06. The first-order valence-corrected chi connectivity index (χ1v) is 10.6. The van der Waals surface area contributed by atoms with Gasteiger partial charge in [-0.3, -0.25) is 4.57 Å². The summed E-state index contributed by atoms with van der Waals surface area (Å²) in [5, 5.41) is 0. The number of hydrogen-bond acceptors (Lipinski definition) is 6. The van der Waals surface area contributed by atoms with Gasteiger partial charge in [-0.1, -0.05) is 6.07 Å². The summed E-state index contributed by atoms with van der Waals surface area (Å²) in [5.74, 6) is 0.362. The molecule has 0 saturated carbocycles. The minimum atomic E-state index is -3.67. The molecule has 0 atom stereocenters. The van der Waals surface area contributed by atoms with Gasteiger partial charge in [0, 0.05) is 44.5 Å². The van der Waals surface area contributed by atoms with E-state index in [0.717, 1.165) is 5.82 Å². The van der Waals surface area contributed by atoms with Gasteiger partial charge in [0.2, 0.25) is 10.0 Å². The van der Waals surface area contributed by atoms with Gasteiger partial charge in [0.1, 0.15) is 5.82 Å². The van der Waals surface area contributed by atoms with Crippen LogP contribution in [0.4, 0.5) is 5.82 Å². The number of nitrogens with zero attached hydrogens (tertiary/aromatic N) is 4. The van der Waals surface area contributed by atoms with Crippen LogP contribution in [-0.4, -0.2) is 48.5 Å². The molecule has 0 N–H and O–H groups in total. The van der Waals surface area contributed by atoms with E-state index in [1.807, 2.05) is 32.0 Å². The Balaban J connectivity index is 1.58. The third-order valence-corrected chi connectivity index (χ3v) is 6.85. The highest BCUT2D eigenvalue weighted by Crippen LogP contribution is 2.24. The van der Waals surface area contributed by atoms with E-state index in [4.69, 9.17) is 4.42 Å². The van der Waals surface area contributed by atoms with Crippen LogP contribution in [0, 0.1) is 0 Å². The molecule has 0 amide bonds. The Hall–Kier alpha value is -2.65. The molecular formula is C19H22N4O4S. The van der Waals surface area contributed by atoms with E-state index in [-0.39, 0.29) is 16.5 Å². The van der Waals surface area contributed by atoms with Crippen LogP contribution in [-0.2, 0) is 10.0 Å². The molecule has 28 heavy (non-hydrogen) atoms. The maximum absolute atomic E-state index is 13.1. The number of benzene rings is 1. The fourth-order valence-electron chi connectivity index (χ4n) is 3.51. The first-order valence-electron chi connectivity index (χ1n) is 9.19. The van der Waals surface area contributed by atoms with Crippen LogP contribution in [0.1, 0.15) is 19.9 Å². The van der Waals surface area contributed by atoms with Crippen LogP contribution in [0.15, 0.2) is 56.7 Å². The monoisotopic (exact) mass is 402 g/mol. The molecule has 0 aliphatic carbocycles. The van der Waals surface area contributed by atoms with Gasteiger partial charge >= 0.3 is 5.76 Å². The normalized spacial score (nSPS) is 16.2. The number of piperazine rings is 1. The number of oxazole rings is 1. The van der Waals surface area contributed by atoms with Crippen molar-refractivity contribution < 1.29 is 12.8 Å². The van der Waals surface area contributed by atoms with Crippen LogP contribution in [0.2, 0.25) is 0 Å². The number of aromatic nitrogens is 2. The van der Waals surface area contributed by atoms with Gasteiger partial charge in [0.15, 0.2) is 5.58 Å². The Kier molecular flexibility index (Phi) is 4.72. The molecule has 1 aliphatic rings. The molecule has 9 heteroatoms. The van der Waals surface area contributed by atoms with Crippen molar-refractivity contribution in [2.24, 2.45) is 0 Å². The summed E-state index contributed by atoms with van der Waals surface area (Å²) < 4.78 is 34.4. The van der Waals surface area contributed by atoms with E-state index in [1.54, 1.807) is 12.3 Å². The molecule has 2 aromatic heterocycles. The van der Waals surface area contributed by atoms with Crippen molar-refractivity contribution in [1.82, 2.24) is 13.9 Å². The third-order valence-electron chi connectivity index (χ3n) is 4.95.